The van der Waals surface area contributed by atoms with Crippen molar-refractivity contribution in [3.63, 3.8) is 0 Å². The second-order valence-corrected chi connectivity index (χ2v) is 8.15. The number of hydrogen-bond donors (Lipinski definition) is 0. The Morgan fingerprint density at radius 3 is 2.26 bits per heavy atom. The van der Waals surface area contributed by atoms with E-state index in [0.29, 0.717) is 5.56 Å². The summed E-state index contributed by atoms with van der Waals surface area (Å²) in [6.45, 7) is 0. The second-order valence-electron chi connectivity index (χ2n) is 8.15. The zero-order chi connectivity index (χ0) is 20.5. The lowest BCUT2D eigenvalue weighted by Gasteiger charge is -2.05. The first-order valence-corrected chi connectivity index (χ1v) is 10.4. The Morgan fingerprint density at radius 1 is 0.581 bits per heavy atom. The topological polar surface area (TPSA) is 28.2 Å². The van der Waals surface area contributed by atoms with E-state index in [1.807, 2.05) is 18.2 Å². The van der Waals surface area contributed by atoms with E-state index in [1.54, 1.807) is 0 Å². The fourth-order valence-electron chi connectivity index (χ4n) is 5.19. The SMILES string of the molecule is N#Cc1cccc(-c2ccc3c(c2)c2cc4ccccc4c4c5ccccc5n3c24)c1. The van der Waals surface area contributed by atoms with Crippen molar-refractivity contribution in [3.8, 4) is 17.2 Å². The molecule has 0 aliphatic rings. The molecule has 0 radical (unpaired) electrons. The van der Waals surface area contributed by atoms with Gasteiger partial charge in [-0.15, -0.1) is 0 Å². The third-order valence-corrected chi connectivity index (χ3v) is 6.51. The quantitative estimate of drug-likeness (QED) is 0.284. The highest BCUT2D eigenvalue weighted by Gasteiger charge is 2.19. The van der Waals surface area contributed by atoms with Gasteiger partial charge in [0, 0.05) is 21.5 Å². The van der Waals surface area contributed by atoms with E-state index in [1.165, 1.54) is 48.9 Å². The van der Waals surface area contributed by atoms with Gasteiger partial charge in [-0.3, -0.25) is 0 Å². The average Bonchev–Trinajstić information content (AvgIpc) is 3.35. The van der Waals surface area contributed by atoms with Gasteiger partial charge in [-0.2, -0.15) is 5.26 Å². The minimum atomic E-state index is 0.684. The van der Waals surface area contributed by atoms with E-state index < -0.39 is 0 Å². The summed E-state index contributed by atoms with van der Waals surface area (Å²) < 4.78 is 2.41. The number of aromatic nitrogens is 1. The van der Waals surface area contributed by atoms with Crippen LogP contribution < -0.4 is 0 Å². The summed E-state index contributed by atoms with van der Waals surface area (Å²) in [4.78, 5) is 0. The van der Waals surface area contributed by atoms with Gasteiger partial charge in [0.05, 0.1) is 28.2 Å². The van der Waals surface area contributed by atoms with E-state index in [9.17, 15) is 5.26 Å². The summed E-state index contributed by atoms with van der Waals surface area (Å²) in [5.41, 5.74) is 6.64. The Labute approximate surface area is 178 Å². The minimum Gasteiger partial charge on any atom is -0.308 e. The van der Waals surface area contributed by atoms with Crippen LogP contribution in [0.25, 0.3) is 60.0 Å². The molecular weight excluding hydrogens is 376 g/mol. The van der Waals surface area contributed by atoms with Gasteiger partial charge >= 0.3 is 0 Å². The molecule has 0 saturated heterocycles. The molecule has 0 atom stereocenters. The van der Waals surface area contributed by atoms with Crippen LogP contribution in [0.3, 0.4) is 0 Å². The summed E-state index contributed by atoms with van der Waals surface area (Å²) >= 11 is 0. The van der Waals surface area contributed by atoms with Gasteiger partial charge in [0.15, 0.2) is 0 Å². The van der Waals surface area contributed by atoms with Gasteiger partial charge in [0.1, 0.15) is 0 Å². The normalized spacial score (nSPS) is 11.8. The maximum Gasteiger partial charge on any atom is 0.0991 e. The maximum atomic E-state index is 9.30. The molecule has 2 aromatic heterocycles. The van der Waals surface area contributed by atoms with Crippen molar-refractivity contribution in [2.24, 2.45) is 0 Å². The largest absolute Gasteiger partial charge is 0.308 e. The molecule has 7 rings (SSSR count). The van der Waals surface area contributed by atoms with Crippen LogP contribution in [0.15, 0.2) is 97.1 Å². The van der Waals surface area contributed by atoms with Gasteiger partial charge in [0.25, 0.3) is 0 Å². The first-order chi connectivity index (χ1) is 15.3. The highest BCUT2D eigenvalue weighted by molar-refractivity contribution is 6.31. The van der Waals surface area contributed by atoms with E-state index >= 15 is 0 Å². The zero-order valence-electron chi connectivity index (χ0n) is 16.6. The molecule has 0 bridgehead atoms. The van der Waals surface area contributed by atoms with Crippen LogP contribution in [0.1, 0.15) is 5.56 Å². The highest BCUT2D eigenvalue weighted by Crippen LogP contribution is 2.43. The molecule has 2 nitrogen and oxygen atoms in total. The lowest BCUT2D eigenvalue weighted by Crippen LogP contribution is -1.82. The van der Waals surface area contributed by atoms with E-state index in [4.69, 9.17) is 0 Å². The smallest absolute Gasteiger partial charge is 0.0991 e. The molecule has 0 aliphatic carbocycles. The zero-order valence-corrected chi connectivity index (χ0v) is 16.6. The maximum absolute atomic E-state index is 9.30. The van der Waals surface area contributed by atoms with Crippen LogP contribution in [-0.2, 0) is 0 Å². The summed E-state index contributed by atoms with van der Waals surface area (Å²) in [7, 11) is 0. The number of rotatable bonds is 1. The molecule has 2 heterocycles. The predicted octanol–water partition coefficient (Wildman–Crippen LogP) is 7.53. The molecule has 0 fully saturated rings. The lowest BCUT2D eigenvalue weighted by atomic mass is 9.98. The van der Waals surface area contributed by atoms with Crippen LogP contribution >= 0.6 is 0 Å². The highest BCUT2D eigenvalue weighted by atomic mass is 14.9. The van der Waals surface area contributed by atoms with Gasteiger partial charge in [-0.1, -0.05) is 60.7 Å². The summed E-state index contributed by atoms with van der Waals surface area (Å²) in [6.07, 6.45) is 0. The number of fused-ring (bicyclic) bond motifs is 8. The van der Waals surface area contributed by atoms with Crippen LogP contribution in [-0.4, -0.2) is 4.40 Å². The molecule has 5 aromatic carbocycles. The molecule has 2 heteroatoms. The number of hydrogen-bond acceptors (Lipinski definition) is 1. The van der Waals surface area contributed by atoms with Crippen molar-refractivity contribution in [2.75, 3.05) is 0 Å². The van der Waals surface area contributed by atoms with Crippen molar-refractivity contribution in [1.82, 2.24) is 4.40 Å². The molecule has 7 aromatic rings. The Bertz CT molecular complexity index is 1850. The predicted molar refractivity (Wildman–Crippen MR) is 129 cm³/mol. The Hall–Kier alpha value is -4.35. The average molecular weight is 392 g/mol. The molecular formula is C29H16N2. The third kappa shape index (κ3) is 2.10. The fraction of sp³-hybridized carbons (Fsp3) is 0. The Morgan fingerprint density at radius 2 is 1.35 bits per heavy atom. The molecule has 0 N–H and O–H groups in total. The van der Waals surface area contributed by atoms with Crippen LogP contribution in [0, 0.1) is 11.3 Å². The molecule has 142 valence electrons. The van der Waals surface area contributed by atoms with Crippen molar-refractivity contribution in [3.05, 3.63) is 103 Å². The number of para-hydroxylation sites is 1. The second kappa shape index (κ2) is 5.84. The van der Waals surface area contributed by atoms with E-state index in [2.05, 4.69) is 89.3 Å². The van der Waals surface area contributed by atoms with Crippen molar-refractivity contribution < 1.29 is 0 Å². The molecule has 0 unspecified atom stereocenters. The number of nitrogens with zero attached hydrogens (tertiary/aromatic N) is 2. The van der Waals surface area contributed by atoms with Crippen LogP contribution in [0.2, 0.25) is 0 Å². The monoisotopic (exact) mass is 392 g/mol. The molecule has 0 saturated carbocycles. The number of nitriles is 1. The van der Waals surface area contributed by atoms with Crippen molar-refractivity contribution in [2.45, 2.75) is 0 Å². The molecule has 0 amide bonds. The Balaban J connectivity index is 1.69. The first-order valence-electron chi connectivity index (χ1n) is 10.4. The molecule has 0 aliphatic heterocycles. The van der Waals surface area contributed by atoms with Gasteiger partial charge in [-0.05, 0) is 58.3 Å². The Kier molecular flexibility index (Phi) is 3.10. The lowest BCUT2D eigenvalue weighted by molar-refractivity contribution is 1.37. The summed E-state index contributed by atoms with van der Waals surface area (Å²) in [5, 5.41) is 17.0. The van der Waals surface area contributed by atoms with E-state index in [-0.39, 0.29) is 0 Å². The van der Waals surface area contributed by atoms with Gasteiger partial charge in [-0.25, -0.2) is 0 Å². The van der Waals surface area contributed by atoms with Gasteiger partial charge in [0.2, 0.25) is 0 Å². The standard InChI is InChI=1S/C29H16N2/c30-17-18-6-5-8-19(14-18)20-12-13-27-24(15-20)25-16-21-7-1-2-9-22(21)28-23-10-3-4-11-26(23)31(27)29(25)28/h1-16H. The van der Waals surface area contributed by atoms with Crippen LogP contribution in [0.5, 0.6) is 0 Å². The summed E-state index contributed by atoms with van der Waals surface area (Å²) in [5.74, 6) is 0. The third-order valence-electron chi connectivity index (χ3n) is 6.51. The van der Waals surface area contributed by atoms with Gasteiger partial charge < -0.3 is 4.40 Å². The summed E-state index contributed by atoms with van der Waals surface area (Å²) in [6, 6.07) is 36.4. The van der Waals surface area contributed by atoms with Crippen LogP contribution in [0.4, 0.5) is 0 Å². The fourth-order valence-corrected chi connectivity index (χ4v) is 5.19. The first kappa shape index (κ1) is 16.4. The molecule has 0 spiro atoms. The van der Waals surface area contributed by atoms with Crippen molar-refractivity contribution in [1.29, 1.82) is 5.26 Å². The van der Waals surface area contributed by atoms with Crippen molar-refractivity contribution >= 4 is 48.9 Å². The minimum absolute atomic E-state index is 0.684. The van der Waals surface area contributed by atoms with E-state index in [0.717, 1.165) is 11.1 Å². The number of benzene rings is 5. The molecule has 31 heavy (non-hydrogen) atoms.